The predicted molar refractivity (Wildman–Crippen MR) is 95.1 cm³/mol. The Labute approximate surface area is 142 Å². The number of unbranched alkanes of at least 4 members (excludes halogenated alkanes) is 2. The fraction of sp³-hybridized carbons (Fsp3) is 0.400. The van der Waals surface area contributed by atoms with Crippen LogP contribution in [0.2, 0.25) is 0 Å². The lowest BCUT2D eigenvalue weighted by molar-refractivity contribution is 0.0682. The lowest BCUT2D eigenvalue weighted by Crippen LogP contribution is -2.14. The number of carboxylic acids is 2. The van der Waals surface area contributed by atoms with Crippen molar-refractivity contribution in [3.8, 4) is 0 Å². The predicted octanol–water partition coefficient (Wildman–Crippen LogP) is 4.92. The van der Waals surface area contributed by atoms with Crippen LogP contribution in [0.15, 0.2) is 24.3 Å². The zero-order valence-corrected chi connectivity index (χ0v) is 14.3. The minimum atomic E-state index is -0.980. The lowest BCUT2D eigenvalue weighted by atomic mass is 9.84. The molecule has 0 radical (unpaired) electrons. The summed E-state index contributed by atoms with van der Waals surface area (Å²) in [5.74, 6) is -1.96. The Morgan fingerprint density at radius 1 is 0.792 bits per heavy atom. The minimum Gasteiger partial charge on any atom is -0.478 e. The monoisotopic (exact) mass is 328 g/mol. The summed E-state index contributed by atoms with van der Waals surface area (Å²) in [7, 11) is 0. The van der Waals surface area contributed by atoms with E-state index in [-0.39, 0.29) is 11.1 Å². The van der Waals surface area contributed by atoms with E-state index in [4.69, 9.17) is 0 Å². The van der Waals surface area contributed by atoms with Crippen molar-refractivity contribution < 1.29 is 19.8 Å². The number of hydrogen-bond acceptors (Lipinski definition) is 2. The van der Waals surface area contributed by atoms with E-state index in [9.17, 15) is 19.8 Å². The highest BCUT2D eigenvalue weighted by atomic mass is 16.4. The first-order valence-corrected chi connectivity index (χ1v) is 8.55. The maximum Gasteiger partial charge on any atom is 0.336 e. The highest BCUT2D eigenvalue weighted by Crippen LogP contribution is 2.33. The van der Waals surface area contributed by atoms with E-state index < -0.39 is 11.9 Å². The van der Waals surface area contributed by atoms with E-state index >= 15 is 0 Å². The quantitative estimate of drug-likeness (QED) is 0.721. The Balaban J connectivity index is 2.90. The Kier molecular flexibility index (Phi) is 5.96. The molecule has 2 aromatic carbocycles. The van der Waals surface area contributed by atoms with Gasteiger partial charge in [0.05, 0.1) is 11.1 Å². The van der Waals surface area contributed by atoms with Crippen molar-refractivity contribution in [2.24, 2.45) is 0 Å². The van der Waals surface area contributed by atoms with Gasteiger partial charge in [0.15, 0.2) is 0 Å². The van der Waals surface area contributed by atoms with Crippen LogP contribution < -0.4 is 0 Å². The lowest BCUT2D eigenvalue weighted by Gasteiger charge is -2.19. The molecule has 0 aliphatic carbocycles. The largest absolute Gasteiger partial charge is 0.478 e. The molecule has 2 N–H and O–H groups in total. The molecule has 0 aliphatic heterocycles. The molecule has 0 saturated carbocycles. The molecule has 0 bridgehead atoms. The molecular weight excluding hydrogens is 304 g/mol. The number of aromatic carboxylic acids is 2. The maximum atomic E-state index is 12.0. The molecule has 4 heteroatoms. The summed E-state index contributed by atoms with van der Waals surface area (Å²) in [5.41, 5.74) is 1.95. The molecule has 0 spiro atoms. The fourth-order valence-corrected chi connectivity index (χ4v) is 3.29. The molecule has 0 fully saturated rings. The second-order valence-electron chi connectivity index (χ2n) is 6.07. The van der Waals surface area contributed by atoms with Gasteiger partial charge in [-0.3, -0.25) is 0 Å². The molecule has 0 atom stereocenters. The van der Waals surface area contributed by atoms with Gasteiger partial charge in [-0.1, -0.05) is 51.0 Å². The maximum absolute atomic E-state index is 12.0. The number of benzene rings is 2. The summed E-state index contributed by atoms with van der Waals surface area (Å²) in [6, 6.07) is 6.94. The number of hydrogen-bond donors (Lipinski definition) is 2. The van der Waals surface area contributed by atoms with Crippen LogP contribution >= 0.6 is 0 Å². The Morgan fingerprint density at radius 3 is 1.46 bits per heavy atom. The normalized spacial score (nSPS) is 10.9. The molecule has 2 rings (SSSR count). The smallest absolute Gasteiger partial charge is 0.336 e. The molecule has 0 saturated heterocycles. The van der Waals surface area contributed by atoms with Crippen molar-refractivity contribution >= 4 is 22.7 Å². The molecule has 4 nitrogen and oxygen atoms in total. The van der Waals surface area contributed by atoms with Crippen LogP contribution in [0.4, 0.5) is 0 Å². The van der Waals surface area contributed by atoms with Gasteiger partial charge < -0.3 is 10.2 Å². The van der Waals surface area contributed by atoms with Crippen molar-refractivity contribution in [2.45, 2.75) is 52.4 Å². The number of fused-ring (bicyclic) bond motifs is 1. The topological polar surface area (TPSA) is 74.6 Å². The number of rotatable bonds is 8. The molecule has 128 valence electrons. The second-order valence-corrected chi connectivity index (χ2v) is 6.07. The van der Waals surface area contributed by atoms with E-state index in [1.54, 1.807) is 24.3 Å². The summed E-state index contributed by atoms with van der Waals surface area (Å²) in [5, 5.41) is 20.6. The van der Waals surface area contributed by atoms with E-state index in [2.05, 4.69) is 0 Å². The van der Waals surface area contributed by atoms with Crippen molar-refractivity contribution in [1.82, 2.24) is 0 Å². The molecule has 2 aromatic rings. The van der Waals surface area contributed by atoms with Crippen molar-refractivity contribution in [2.75, 3.05) is 0 Å². The molecular formula is C20H24O4. The van der Waals surface area contributed by atoms with Crippen LogP contribution in [0.5, 0.6) is 0 Å². The molecule has 24 heavy (non-hydrogen) atoms. The molecule has 0 unspecified atom stereocenters. The van der Waals surface area contributed by atoms with Crippen molar-refractivity contribution in [1.29, 1.82) is 0 Å². The first-order chi connectivity index (χ1) is 11.5. The summed E-state index contributed by atoms with van der Waals surface area (Å²) in [6.07, 6.45) is 4.75. The van der Waals surface area contributed by atoms with Gasteiger partial charge in [0, 0.05) is 0 Å². The zero-order chi connectivity index (χ0) is 17.7. The number of carbonyl (C=O) groups is 2. The van der Waals surface area contributed by atoms with Crippen LogP contribution in [-0.4, -0.2) is 22.2 Å². The van der Waals surface area contributed by atoms with Gasteiger partial charge in [0.1, 0.15) is 0 Å². The average Bonchev–Trinajstić information content (AvgIpc) is 2.56. The van der Waals surface area contributed by atoms with Crippen molar-refractivity contribution in [3.05, 3.63) is 46.5 Å². The molecule has 0 aliphatic rings. The van der Waals surface area contributed by atoms with Crippen LogP contribution in [0, 0.1) is 0 Å². The van der Waals surface area contributed by atoms with E-state index in [1.807, 2.05) is 13.8 Å². The first-order valence-electron chi connectivity index (χ1n) is 8.55. The van der Waals surface area contributed by atoms with Gasteiger partial charge in [-0.2, -0.15) is 0 Å². The second kappa shape index (κ2) is 7.95. The third-order valence-corrected chi connectivity index (χ3v) is 4.42. The summed E-state index contributed by atoms with van der Waals surface area (Å²) in [6.45, 7) is 4.09. The Bertz CT molecular complexity index is 697. The Morgan fingerprint density at radius 2 is 1.17 bits per heavy atom. The number of carboxylic acid groups (broad SMARTS) is 2. The fourth-order valence-electron chi connectivity index (χ4n) is 3.29. The summed E-state index contributed by atoms with van der Waals surface area (Å²) >= 11 is 0. The van der Waals surface area contributed by atoms with Crippen LogP contribution in [-0.2, 0) is 12.8 Å². The average molecular weight is 328 g/mol. The highest BCUT2D eigenvalue weighted by Gasteiger charge is 2.25. The van der Waals surface area contributed by atoms with Crippen molar-refractivity contribution in [3.63, 3.8) is 0 Å². The Hall–Kier alpha value is -2.36. The van der Waals surface area contributed by atoms with Gasteiger partial charge >= 0.3 is 11.9 Å². The van der Waals surface area contributed by atoms with Gasteiger partial charge in [0.25, 0.3) is 0 Å². The van der Waals surface area contributed by atoms with Crippen LogP contribution in [0.1, 0.15) is 71.4 Å². The van der Waals surface area contributed by atoms with Crippen LogP contribution in [0.25, 0.3) is 10.8 Å². The van der Waals surface area contributed by atoms with E-state index in [0.29, 0.717) is 34.7 Å². The third-order valence-electron chi connectivity index (χ3n) is 4.42. The molecule has 0 heterocycles. The van der Waals surface area contributed by atoms with Gasteiger partial charge in [-0.25, -0.2) is 9.59 Å². The van der Waals surface area contributed by atoms with E-state index in [1.165, 1.54) is 0 Å². The first kappa shape index (κ1) is 18.0. The van der Waals surface area contributed by atoms with Gasteiger partial charge in [0.2, 0.25) is 0 Å². The molecule has 0 aromatic heterocycles. The molecule has 0 amide bonds. The van der Waals surface area contributed by atoms with Gasteiger partial charge in [-0.05, 0) is 47.6 Å². The summed E-state index contributed by atoms with van der Waals surface area (Å²) in [4.78, 5) is 23.9. The third kappa shape index (κ3) is 3.42. The minimum absolute atomic E-state index is 0.273. The zero-order valence-electron chi connectivity index (χ0n) is 14.3. The van der Waals surface area contributed by atoms with Crippen LogP contribution in [0.3, 0.4) is 0 Å². The van der Waals surface area contributed by atoms with E-state index in [0.717, 1.165) is 25.7 Å². The highest BCUT2D eigenvalue weighted by molar-refractivity contribution is 6.13. The van der Waals surface area contributed by atoms with Gasteiger partial charge in [-0.15, -0.1) is 0 Å². The summed E-state index contributed by atoms with van der Waals surface area (Å²) < 4.78 is 0. The SMILES string of the molecule is CCCCc1c(CCCC)c(C(=O)O)c2ccccc2c1C(=O)O. The standard InChI is InChI=1S/C20H24O4/c1-3-5-9-13-14(10-6-4-2)18(20(23)24)16-12-8-7-11-15(16)17(13)19(21)22/h7-8,11-12H,3-6,9-10H2,1-2H3,(H,21,22)(H,23,24).